The van der Waals surface area contributed by atoms with Gasteiger partial charge in [-0.3, -0.25) is 9.59 Å². The molecule has 8 rings (SSSR count). The van der Waals surface area contributed by atoms with Crippen molar-refractivity contribution >= 4 is 43.7 Å². The van der Waals surface area contributed by atoms with E-state index >= 15 is 0 Å². The molecule has 0 saturated heterocycles. The number of aliphatic hydroxyl groups excluding tert-OH is 2. The number of ether oxygens (including phenoxy) is 2. The van der Waals surface area contributed by atoms with Gasteiger partial charge in [-0.05, 0) is 46.5 Å². The third kappa shape index (κ3) is 7.35. The van der Waals surface area contributed by atoms with E-state index in [4.69, 9.17) is 9.47 Å². The van der Waals surface area contributed by atoms with Gasteiger partial charge in [-0.25, -0.2) is 0 Å². The first kappa shape index (κ1) is 36.2. The minimum atomic E-state index is -0.983. The summed E-state index contributed by atoms with van der Waals surface area (Å²) < 4.78 is 13.2. The van der Waals surface area contributed by atoms with E-state index in [1.54, 1.807) is 9.80 Å². The summed E-state index contributed by atoms with van der Waals surface area (Å²) in [6, 6.07) is 35.9. The van der Waals surface area contributed by atoms with Crippen LogP contribution in [-0.4, -0.2) is 57.5 Å². The molecule has 4 aliphatic rings. The van der Waals surface area contributed by atoms with Gasteiger partial charge in [-0.2, -0.15) is 0 Å². The number of hydrogen-bond acceptors (Lipinski definition) is 6. The number of halogens is 2. The predicted molar refractivity (Wildman–Crippen MR) is 204 cm³/mol. The molecule has 0 aliphatic carbocycles. The van der Waals surface area contributed by atoms with Crippen LogP contribution in [0.5, 0.6) is 0 Å². The lowest BCUT2D eigenvalue weighted by molar-refractivity contribution is -0.144. The molecule has 0 aromatic heterocycles. The maximum atomic E-state index is 12.9. The zero-order valence-corrected chi connectivity index (χ0v) is 32.0. The Morgan fingerprint density at radius 2 is 0.923 bits per heavy atom. The first-order valence-electron chi connectivity index (χ1n) is 17.4. The van der Waals surface area contributed by atoms with Crippen LogP contribution in [0.2, 0.25) is 0 Å². The number of carbonyl (C=O) groups is 2. The molecule has 2 amide bonds. The number of hydrogen-bond donors (Lipinski definition) is 2. The summed E-state index contributed by atoms with van der Waals surface area (Å²) in [7, 11) is 0. The molecule has 0 unspecified atom stereocenters. The Balaban J connectivity index is 0.000000162. The van der Waals surface area contributed by atoms with Crippen molar-refractivity contribution in [1.82, 2.24) is 9.80 Å². The van der Waals surface area contributed by atoms with Crippen LogP contribution in [0.3, 0.4) is 0 Å². The topological polar surface area (TPSA) is 99.5 Å². The van der Waals surface area contributed by atoms with Crippen LogP contribution in [0.25, 0.3) is 0 Å². The molecule has 268 valence electrons. The van der Waals surface area contributed by atoms with Gasteiger partial charge < -0.3 is 29.5 Å². The SMILES string of the molecule is C[C@@H]1[C@@H](c2ccc(Br)cc2)C2=C(O[C@@H]1O)C(=O)N(Cc1ccccc1)C2.C[C@@H]1[C@@H](c2ccc(Br)cc2)C2=C(O[C@@H]1O)C(=O)N(Cc1ccccc1)C2. The van der Waals surface area contributed by atoms with Crippen LogP contribution in [-0.2, 0) is 32.2 Å². The van der Waals surface area contributed by atoms with Crippen molar-refractivity contribution < 1.29 is 29.3 Å². The highest BCUT2D eigenvalue weighted by molar-refractivity contribution is 9.10. The molecular weight excluding hydrogens is 788 g/mol. The van der Waals surface area contributed by atoms with Crippen molar-refractivity contribution in [1.29, 1.82) is 0 Å². The number of aliphatic hydroxyl groups is 2. The largest absolute Gasteiger partial charge is 0.459 e. The summed E-state index contributed by atoms with van der Waals surface area (Å²) in [5, 5.41) is 20.7. The number of carbonyl (C=O) groups excluding carboxylic acids is 2. The molecular formula is C42H40Br2N2O6. The Bertz CT molecular complexity index is 1840. The maximum Gasteiger partial charge on any atom is 0.289 e. The summed E-state index contributed by atoms with van der Waals surface area (Å²) in [5.41, 5.74) is 6.26. The fraction of sp³-hybridized carbons (Fsp3) is 0.286. The van der Waals surface area contributed by atoms with Crippen LogP contribution < -0.4 is 0 Å². The molecule has 0 radical (unpaired) electrons. The highest BCUT2D eigenvalue weighted by Crippen LogP contribution is 2.46. The van der Waals surface area contributed by atoms with Crippen molar-refractivity contribution in [2.24, 2.45) is 11.8 Å². The van der Waals surface area contributed by atoms with Gasteiger partial charge in [-0.1, -0.05) is 131 Å². The van der Waals surface area contributed by atoms with Crippen molar-refractivity contribution in [3.05, 3.63) is 163 Å². The minimum absolute atomic E-state index is 0.0356. The standard InChI is InChI=1S/2C21H20BrNO3/c2*1-13-18(15-7-9-16(22)10-8-15)17-12-23(11-14-5-3-2-4-6-14)20(24)19(17)26-21(13)25/h2*2-10,13,18,21,25H,11-12H2,1H3/t2*13-,18+,21+/m11/s1. The number of benzene rings is 4. The molecule has 2 N–H and O–H groups in total. The molecule has 6 atom stereocenters. The van der Waals surface area contributed by atoms with E-state index in [1.165, 1.54) is 0 Å². The van der Waals surface area contributed by atoms with Gasteiger partial charge in [-0.15, -0.1) is 0 Å². The molecule has 4 aromatic rings. The van der Waals surface area contributed by atoms with Crippen molar-refractivity contribution in [2.45, 2.75) is 51.4 Å². The Labute approximate surface area is 320 Å². The summed E-state index contributed by atoms with van der Waals surface area (Å²) in [4.78, 5) is 29.3. The van der Waals surface area contributed by atoms with Crippen LogP contribution in [0.15, 0.2) is 141 Å². The normalized spacial score (nSPS) is 25.3. The molecule has 10 heteroatoms. The summed E-state index contributed by atoms with van der Waals surface area (Å²) in [6.45, 7) is 6.06. The number of rotatable bonds is 6. The minimum Gasteiger partial charge on any atom is -0.459 e. The number of nitrogens with zero attached hydrogens (tertiary/aromatic N) is 2. The molecule has 4 heterocycles. The fourth-order valence-corrected chi connectivity index (χ4v) is 8.15. The van der Waals surface area contributed by atoms with Crippen LogP contribution in [0.4, 0.5) is 0 Å². The zero-order chi connectivity index (χ0) is 36.5. The Morgan fingerprint density at radius 1 is 0.577 bits per heavy atom. The molecule has 4 aliphatic heterocycles. The lowest BCUT2D eigenvalue weighted by atomic mass is 9.79. The van der Waals surface area contributed by atoms with E-state index < -0.39 is 12.6 Å². The van der Waals surface area contributed by atoms with E-state index in [0.717, 1.165) is 42.3 Å². The molecule has 0 spiro atoms. The molecule has 52 heavy (non-hydrogen) atoms. The average molecular weight is 829 g/mol. The van der Waals surface area contributed by atoms with Gasteiger partial charge in [0.15, 0.2) is 11.5 Å². The van der Waals surface area contributed by atoms with E-state index in [2.05, 4.69) is 31.9 Å². The van der Waals surface area contributed by atoms with Crippen LogP contribution >= 0.6 is 31.9 Å². The van der Waals surface area contributed by atoms with E-state index in [-0.39, 0.29) is 35.5 Å². The predicted octanol–water partition coefficient (Wildman–Crippen LogP) is 7.63. The van der Waals surface area contributed by atoms with Crippen LogP contribution in [0.1, 0.15) is 47.9 Å². The van der Waals surface area contributed by atoms with Crippen molar-refractivity contribution in [2.75, 3.05) is 13.1 Å². The maximum absolute atomic E-state index is 12.9. The summed E-state index contributed by atoms with van der Waals surface area (Å²) >= 11 is 6.92. The first-order chi connectivity index (χ1) is 25.1. The van der Waals surface area contributed by atoms with E-state index in [9.17, 15) is 19.8 Å². The van der Waals surface area contributed by atoms with Gasteiger partial charge in [0.1, 0.15) is 0 Å². The van der Waals surface area contributed by atoms with Gasteiger partial charge in [0.25, 0.3) is 11.8 Å². The second-order valence-corrected chi connectivity index (χ2v) is 15.6. The van der Waals surface area contributed by atoms with Gasteiger partial charge in [0, 0.05) is 69.9 Å². The second-order valence-electron chi connectivity index (χ2n) is 13.8. The lowest BCUT2D eigenvalue weighted by Crippen LogP contribution is -2.33. The molecule has 0 saturated carbocycles. The highest BCUT2D eigenvalue weighted by Gasteiger charge is 2.46. The molecule has 8 nitrogen and oxygen atoms in total. The smallest absolute Gasteiger partial charge is 0.289 e. The Kier molecular flexibility index (Phi) is 10.7. The Morgan fingerprint density at radius 3 is 1.27 bits per heavy atom. The van der Waals surface area contributed by atoms with E-state index in [0.29, 0.717) is 37.7 Å². The van der Waals surface area contributed by atoms with Gasteiger partial charge in [0.2, 0.25) is 12.6 Å². The third-order valence-corrected chi connectivity index (χ3v) is 11.4. The fourth-order valence-electron chi connectivity index (χ4n) is 7.62. The first-order valence-corrected chi connectivity index (χ1v) is 19.0. The lowest BCUT2D eigenvalue weighted by Gasteiger charge is -2.34. The van der Waals surface area contributed by atoms with Crippen molar-refractivity contribution in [3.8, 4) is 0 Å². The summed E-state index contributed by atoms with van der Waals surface area (Å²) in [5.74, 6) is 0.0321. The monoisotopic (exact) mass is 826 g/mol. The van der Waals surface area contributed by atoms with E-state index in [1.807, 2.05) is 123 Å². The zero-order valence-electron chi connectivity index (χ0n) is 28.9. The van der Waals surface area contributed by atoms with Crippen molar-refractivity contribution in [3.63, 3.8) is 0 Å². The quantitative estimate of drug-likeness (QED) is 0.208. The summed E-state index contributed by atoms with van der Waals surface area (Å²) in [6.07, 6.45) is -1.97. The average Bonchev–Trinajstić information content (AvgIpc) is 3.61. The second kappa shape index (κ2) is 15.4. The third-order valence-electron chi connectivity index (χ3n) is 10.3. The van der Waals surface area contributed by atoms with Gasteiger partial charge in [0.05, 0.1) is 0 Å². The van der Waals surface area contributed by atoms with Gasteiger partial charge >= 0.3 is 0 Å². The van der Waals surface area contributed by atoms with Crippen LogP contribution in [0, 0.1) is 11.8 Å². The molecule has 0 fully saturated rings. The number of amides is 2. The Hall–Kier alpha value is -4.22. The molecule has 0 bridgehead atoms. The highest BCUT2D eigenvalue weighted by atomic mass is 79.9. The molecule has 4 aromatic carbocycles.